The van der Waals surface area contributed by atoms with Crippen LogP contribution in [0.3, 0.4) is 0 Å². The van der Waals surface area contributed by atoms with Crippen LogP contribution < -0.4 is 5.73 Å². The van der Waals surface area contributed by atoms with Crippen LogP contribution in [-0.2, 0) is 0 Å². The van der Waals surface area contributed by atoms with Crippen molar-refractivity contribution in [3.8, 4) is 0 Å². The molecule has 3 heteroatoms. The van der Waals surface area contributed by atoms with E-state index in [1.165, 1.54) is 25.7 Å². The van der Waals surface area contributed by atoms with Gasteiger partial charge in [-0.2, -0.15) is 0 Å². The molecule has 0 radical (unpaired) electrons. The maximum atomic E-state index is 6.00. The third-order valence-corrected chi connectivity index (χ3v) is 3.50. The summed E-state index contributed by atoms with van der Waals surface area (Å²) in [6.07, 6.45) is 6.55. The fourth-order valence-corrected chi connectivity index (χ4v) is 2.66. The zero-order valence-corrected chi connectivity index (χ0v) is 9.08. The molecule has 14 heavy (non-hydrogen) atoms. The first-order valence-electron chi connectivity index (χ1n) is 5.87. The summed E-state index contributed by atoms with van der Waals surface area (Å²) in [5.74, 6) is 1.68. The minimum absolute atomic E-state index is 0.695. The molecule has 1 aliphatic carbocycles. The fourth-order valence-electron chi connectivity index (χ4n) is 2.66. The summed E-state index contributed by atoms with van der Waals surface area (Å²) in [6, 6.07) is 0.695. The van der Waals surface area contributed by atoms with Crippen molar-refractivity contribution >= 4 is 5.96 Å². The molecule has 2 N–H and O–H groups in total. The molecule has 3 aliphatic rings. The van der Waals surface area contributed by atoms with Crippen LogP contribution in [0.15, 0.2) is 4.99 Å². The maximum Gasteiger partial charge on any atom is 0.191 e. The lowest BCUT2D eigenvalue weighted by Gasteiger charge is -2.45. The fraction of sp³-hybridized carbons (Fsp3) is 0.909. The third kappa shape index (κ3) is 1.86. The van der Waals surface area contributed by atoms with E-state index in [1.54, 1.807) is 0 Å². The van der Waals surface area contributed by atoms with Gasteiger partial charge in [-0.25, -0.2) is 0 Å². The number of rotatable bonds is 2. The highest BCUT2D eigenvalue weighted by Gasteiger charge is 2.34. The van der Waals surface area contributed by atoms with Gasteiger partial charge in [-0.05, 0) is 38.0 Å². The number of nitrogens with zero attached hydrogens (tertiary/aromatic N) is 2. The van der Waals surface area contributed by atoms with Gasteiger partial charge in [0.15, 0.2) is 5.96 Å². The smallest absolute Gasteiger partial charge is 0.191 e. The second-order valence-corrected chi connectivity index (χ2v) is 4.57. The molecule has 2 heterocycles. The van der Waals surface area contributed by atoms with Crippen LogP contribution in [0.5, 0.6) is 0 Å². The lowest BCUT2D eigenvalue weighted by molar-refractivity contribution is 0.108. The molecular formula is C11H21N3. The van der Waals surface area contributed by atoms with E-state index in [1.807, 2.05) is 0 Å². The first-order chi connectivity index (χ1) is 6.81. The van der Waals surface area contributed by atoms with Crippen molar-refractivity contribution in [1.29, 1.82) is 0 Å². The minimum atomic E-state index is 0.695. The summed E-state index contributed by atoms with van der Waals surface area (Å²) in [5.41, 5.74) is 6.00. The molecule has 2 saturated heterocycles. The van der Waals surface area contributed by atoms with Gasteiger partial charge in [0, 0.05) is 19.1 Å². The normalized spacial score (nSPS) is 32.4. The van der Waals surface area contributed by atoms with Crippen LogP contribution in [-0.4, -0.2) is 30.0 Å². The summed E-state index contributed by atoms with van der Waals surface area (Å²) >= 11 is 0. The number of guanidine groups is 1. The third-order valence-electron chi connectivity index (χ3n) is 3.50. The predicted octanol–water partition coefficient (Wildman–Crippen LogP) is 1.59. The van der Waals surface area contributed by atoms with Crippen molar-refractivity contribution in [3.63, 3.8) is 0 Å². The number of aliphatic imine (C=N–C) groups is 1. The Bertz CT molecular complexity index is 217. The average molecular weight is 195 g/mol. The predicted molar refractivity (Wildman–Crippen MR) is 59.2 cm³/mol. The Balaban J connectivity index is 1.97. The Kier molecular flexibility index (Phi) is 2.94. The number of fused-ring (bicyclic) bond motifs is 3. The average Bonchev–Trinajstić information content (AvgIpc) is 2.27. The molecule has 0 aromatic carbocycles. The number of nitrogens with two attached hydrogens (primary N) is 1. The summed E-state index contributed by atoms with van der Waals surface area (Å²) < 4.78 is 0. The van der Waals surface area contributed by atoms with Gasteiger partial charge in [0.1, 0.15) is 0 Å². The molecule has 1 saturated carbocycles. The van der Waals surface area contributed by atoms with Gasteiger partial charge in [0.05, 0.1) is 0 Å². The Labute approximate surface area is 86.4 Å². The van der Waals surface area contributed by atoms with Gasteiger partial charge in [-0.3, -0.25) is 4.99 Å². The highest BCUT2D eigenvalue weighted by molar-refractivity contribution is 5.78. The largest absolute Gasteiger partial charge is 0.370 e. The molecule has 0 atom stereocenters. The van der Waals surface area contributed by atoms with E-state index in [2.05, 4.69) is 16.8 Å². The lowest BCUT2D eigenvalue weighted by atomic mass is 9.80. The van der Waals surface area contributed by atoms with Gasteiger partial charge in [0.2, 0.25) is 0 Å². The summed E-state index contributed by atoms with van der Waals surface area (Å²) in [7, 11) is 0. The standard InChI is InChI=1S/C11H21N3/c1-2-7-13-11(12)14-8-9-3-5-10(14)6-4-9/h9-10H,2-8H2,1H3,(H2,12,13). The van der Waals surface area contributed by atoms with Crippen molar-refractivity contribution in [2.24, 2.45) is 16.6 Å². The molecule has 80 valence electrons. The van der Waals surface area contributed by atoms with Crippen molar-refractivity contribution < 1.29 is 0 Å². The van der Waals surface area contributed by atoms with Gasteiger partial charge in [0.25, 0.3) is 0 Å². The Morgan fingerprint density at radius 3 is 2.57 bits per heavy atom. The molecule has 3 fully saturated rings. The number of hydrogen-bond acceptors (Lipinski definition) is 1. The van der Waals surface area contributed by atoms with Crippen LogP contribution in [0.25, 0.3) is 0 Å². The Morgan fingerprint density at radius 2 is 2.07 bits per heavy atom. The van der Waals surface area contributed by atoms with E-state index >= 15 is 0 Å². The number of hydrogen-bond donors (Lipinski definition) is 1. The van der Waals surface area contributed by atoms with Crippen LogP contribution in [0.1, 0.15) is 39.0 Å². The van der Waals surface area contributed by atoms with Gasteiger partial charge in [-0.1, -0.05) is 6.92 Å². The second-order valence-electron chi connectivity index (χ2n) is 4.57. The molecule has 2 bridgehead atoms. The first-order valence-corrected chi connectivity index (χ1v) is 5.87. The SMILES string of the molecule is CCCN=C(N)N1CC2CCC1CC2. The highest BCUT2D eigenvalue weighted by atomic mass is 15.3. The number of piperidine rings is 2. The van der Waals surface area contributed by atoms with Crippen LogP contribution in [0, 0.1) is 5.92 Å². The lowest BCUT2D eigenvalue weighted by Crippen LogP contribution is -2.53. The van der Waals surface area contributed by atoms with Crippen LogP contribution >= 0.6 is 0 Å². The van der Waals surface area contributed by atoms with E-state index in [-0.39, 0.29) is 0 Å². The monoisotopic (exact) mass is 195 g/mol. The molecule has 2 aliphatic heterocycles. The Hall–Kier alpha value is -0.730. The minimum Gasteiger partial charge on any atom is -0.370 e. The van der Waals surface area contributed by atoms with Gasteiger partial charge in [-0.15, -0.1) is 0 Å². The summed E-state index contributed by atoms with van der Waals surface area (Å²) in [4.78, 5) is 6.75. The molecular weight excluding hydrogens is 174 g/mol. The van der Waals surface area contributed by atoms with Crippen molar-refractivity contribution in [2.45, 2.75) is 45.1 Å². The zero-order chi connectivity index (χ0) is 9.97. The first kappa shape index (κ1) is 9.81. The van der Waals surface area contributed by atoms with Crippen molar-refractivity contribution in [1.82, 2.24) is 4.90 Å². The van der Waals surface area contributed by atoms with E-state index in [4.69, 9.17) is 5.73 Å². The van der Waals surface area contributed by atoms with Gasteiger partial charge >= 0.3 is 0 Å². The molecule has 0 unspecified atom stereocenters. The highest BCUT2D eigenvalue weighted by Crippen LogP contribution is 2.34. The topological polar surface area (TPSA) is 41.6 Å². The van der Waals surface area contributed by atoms with Crippen LogP contribution in [0.4, 0.5) is 0 Å². The molecule has 0 amide bonds. The summed E-state index contributed by atoms with van der Waals surface area (Å²) in [5, 5.41) is 0. The molecule has 0 aromatic heterocycles. The maximum absolute atomic E-state index is 6.00. The van der Waals surface area contributed by atoms with Gasteiger partial charge < -0.3 is 10.6 Å². The Morgan fingerprint density at radius 1 is 1.36 bits per heavy atom. The van der Waals surface area contributed by atoms with E-state index in [0.717, 1.165) is 31.4 Å². The summed E-state index contributed by atoms with van der Waals surface area (Å²) in [6.45, 7) is 4.17. The zero-order valence-electron chi connectivity index (χ0n) is 9.08. The second kappa shape index (κ2) is 4.20. The van der Waals surface area contributed by atoms with E-state index < -0.39 is 0 Å². The van der Waals surface area contributed by atoms with Crippen molar-refractivity contribution in [3.05, 3.63) is 0 Å². The van der Waals surface area contributed by atoms with E-state index in [9.17, 15) is 0 Å². The van der Waals surface area contributed by atoms with E-state index in [0.29, 0.717) is 6.04 Å². The van der Waals surface area contributed by atoms with Crippen LogP contribution in [0.2, 0.25) is 0 Å². The molecule has 0 spiro atoms. The molecule has 3 nitrogen and oxygen atoms in total. The molecule has 3 rings (SSSR count). The van der Waals surface area contributed by atoms with Crippen molar-refractivity contribution in [2.75, 3.05) is 13.1 Å². The molecule has 0 aromatic rings. The quantitative estimate of drug-likeness (QED) is 0.537.